The number of carboxylic acid groups (broad SMARTS) is 1. The summed E-state index contributed by atoms with van der Waals surface area (Å²) >= 11 is 0. The lowest BCUT2D eigenvalue weighted by Gasteiger charge is -2.29. The van der Waals surface area contributed by atoms with Gasteiger partial charge in [-0.1, -0.05) is 30.3 Å². The molecule has 0 aliphatic carbocycles. The summed E-state index contributed by atoms with van der Waals surface area (Å²) in [6.45, 7) is 0.667. The van der Waals surface area contributed by atoms with Crippen molar-refractivity contribution in [2.75, 3.05) is 20.1 Å². The van der Waals surface area contributed by atoms with Crippen LogP contribution in [0.1, 0.15) is 32.6 Å². The van der Waals surface area contributed by atoms with Gasteiger partial charge in [-0.25, -0.2) is 4.79 Å². The fourth-order valence-electron chi connectivity index (χ4n) is 3.63. The fraction of sp³-hybridized carbons (Fsp3) is 0.524. The Hall–Kier alpha value is -3.14. The average molecular weight is 434 g/mol. The topological polar surface area (TPSA) is 163 Å². The first kappa shape index (κ1) is 22.5. The van der Waals surface area contributed by atoms with Gasteiger partial charge in [0.2, 0.25) is 11.8 Å². The van der Waals surface area contributed by atoms with Gasteiger partial charge in [-0.15, -0.1) is 0 Å². The molecule has 1 aliphatic rings. The van der Waals surface area contributed by atoms with Crippen molar-refractivity contribution in [1.29, 1.82) is 0 Å². The number of likely N-dealkylation sites (N-methyl/N-ethyl adjacent to an activating group) is 1. The van der Waals surface area contributed by atoms with Crippen LogP contribution >= 0.6 is 0 Å². The number of carboxylic acids is 1. The number of benzene rings is 1. The minimum Gasteiger partial charge on any atom is -0.480 e. The van der Waals surface area contributed by atoms with Crippen LogP contribution in [0.2, 0.25) is 0 Å². The maximum absolute atomic E-state index is 13.2. The molecule has 1 saturated heterocycles. The number of carbonyl (C=O) groups excluding carboxylic acids is 2. The summed E-state index contributed by atoms with van der Waals surface area (Å²) in [5.41, 5.74) is 11.5. The number of guanidine groups is 1. The van der Waals surface area contributed by atoms with Crippen molar-refractivity contribution in [3.8, 4) is 0 Å². The zero-order valence-corrected chi connectivity index (χ0v) is 17.5. The van der Waals surface area contributed by atoms with Gasteiger partial charge in [0.05, 0.1) is 6.04 Å². The Morgan fingerprint density at radius 3 is 2.68 bits per heavy atom. The molecule has 0 radical (unpaired) electrons. The van der Waals surface area contributed by atoms with Crippen LogP contribution in [0.3, 0.4) is 0 Å². The van der Waals surface area contributed by atoms with Crippen molar-refractivity contribution < 1.29 is 20.9 Å². The van der Waals surface area contributed by atoms with E-state index in [4.69, 9.17) is 12.8 Å². The first-order valence-corrected chi connectivity index (χ1v) is 10.3. The minimum absolute atomic E-state index is 0.0765. The van der Waals surface area contributed by atoms with Gasteiger partial charge in [0.25, 0.3) is 0 Å². The Kier molecular flexibility index (Phi) is 8.65. The highest BCUT2D eigenvalue weighted by Gasteiger charge is 2.38. The van der Waals surface area contributed by atoms with Crippen molar-refractivity contribution in [2.24, 2.45) is 16.5 Å². The molecule has 1 aromatic rings. The number of nitrogens with zero attached hydrogens (tertiary/aromatic N) is 2. The summed E-state index contributed by atoms with van der Waals surface area (Å²) in [6, 6.07) is 6.97. The van der Waals surface area contributed by atoms with E-state index in [1.54, 1.807) is 0 Å². The van der Waals surface area contributed by atoms with Crippen molar-refractivity contribution in [1.82, 2.24) is 15.5 Å². The van der Waals surface area contributed by atoms with Crippen molar-refractivity contribution in [3.05, 3.63) is 35.9 Å². The Morgan fingerprint density at radius 2 is 2.03 bits per heavy atom. The third-order valence-corrected chi connectivity index (χ3v) is 5.23. The number of carbonyl (C=O) groups is 3. The number of rotatable bonds is 11. The molecule has 7 N–H and O–H groups in total. The van der Waals surface area contributed by atoms with Crippen LogP contribution < -0.4 is 22.1 Å². The molecular weight excluding hydrogens is 400 g/mol. The second kappa shape index (κ2) is 11.9. The number of hydrogen-bond donors (Lipinski definition) is 5. The molecule has 1 fully saturated rings. The standard InChI is InChI=1S/C21H32N6O4/c1-24-16(13-14-7-3-2-4-8-14)19(29)27-12-6-10-17(27)18(28)26-15(20(30)31)9-5-11-25-21(22)23/h2-4,7-8,15-17,24H,5-6,9-13H2,1H3,(H,26,28)(H,30,31)(H4,22,23,25)/t15-,16-,17-/m0/s1/i1D. The molecular formula is C21H32N6O4. The molecule has 3 atom stereocenters. The van der Waals surface area contributed by atoms with Crippen molar-refractivity contribution in [3.63, 3.8) is 0 Å². The van der Waals surface area contributed by atoms with Gasteiger partial charge in [-0.3, -0.25) is 14.6 Å². The van der Waals surface area contributed by atoms with E-state index in [-0.39, 0.29) is 31.9 Å². The minimum atomic E-state index is -1.16. The molecule has 31 heavy (non-hydrogen) atoms. The third kappa shape index (κ3) is 7.25. The van der Waals surface area contributed by atoms with Gasteiger partial charge < -0.3 is 32.1 Å². The lowest BCUT2D eigenvalue weighted by molar-refractivity contribution is -0.144. The van der Waals surface area contributed by atoms with Crippen LogP contribution in [-0.4, -0.2) is 72.0 Å². The maximum atomic E-state index is 13.2. The number of aliphatic carboxylic acids is 1. The number of hydrogen-bond acceptors (Lipinski definition) is 5. The second-order valence-corrected chi connectivity index (χ2v) is 7.48. The zero-order valence-electron chi connectivity index (χ0n) is 18.5. The molecule has 1 aliphatic heterocycles. The van der Waals surface area contributed by atoms with Gasteiger partial charge in [0.15, 0.2) is 5.96 Å². The van der Waals surface area contributed by atoms with Crippen LogP contribution in [0.5, 0.6) is 0 Å². The van der Waals surface area contributed by atoms with E-state index in [0.29, 0.717) is 32.2 Å². The predicted molar refractivity (Wildman–Crippen MR) is 117 cm³/mol. The molecule has 1 aromatic carbocycles. The largest absolute Gasteiger partial charge is 0.480 e. The first-order chi connectivity index (χ1) is 15.3. The average Bonchev–Trinajstić information content (AvgIpc) is 3.25. The summed E-state index contributed by atoms with van der Waals surface area (Å²) in [6.07, 6.45) is 2.04. The van der Waals surface area contributed by atoms with E-state index in [9.17, 15) is 19.5 Å². The molecule has 10 nitrogen and oxygen atoms in total. The number of nitrogens with one attached hydrogen (secondary N) is 2. The number of amides is 2. The van der Waals surface area contributed by atoms with E-state index in [1.807, 2.05) is 30.3 Å². The Balaban J connectivity index is 2.02. The normalized spacial score (nSPS) is 18.0. The van der Waals surface area contributed by atoms with E-state index in [0.717, 1.165) is 5.56 Å². The van der Waals surface area contributed by atoms with Crippen molar-refractivity contribution in [2.45, 2.75) is 50.2 Å². The van der Waals surface area contributed by atoms with E-state index >= 15 is 0 Å². The molecule has 2 rings (SSSR count). The van der Waals surface area contributed by atoms with Crippen LogP contribution in [0.15, 0.2) is 35.3 Å². The molecule has 170 valence electrons. The Bertz CT molecular complexity index is 803. The van der Waals surface area contributed by atoms with Gasteiger partial charge in [0, 0.05) is 14.5 Å². The molecule has 0 spiro atoms. The number of nitrogens with two attached hydrogens (primary N) is 2. The highest BCUT2D eigenvalue weighted by atomic mass is 16.4. The van der Waals surface area contributed by atoms with E-state index in [1.165, 1.54) is 4.90 Å². The lowest BCUT2D eigenvalue weighted by atomic mass is 10.0. The summed E-state index contributed by atoms with van der Waals surface area (Å²) < 4.78 is 7.49. The summed E-state index contributed by atoms with van der Waals surface area (Å²) in [5, 5.41) is 14.9. The monoisotopic (exact) mass is 433 g/mol. The van der Waals surface area contributed by atoms with E-state index < -0.39 is 30.0 Å². The van der Waals surface area contributed by atoms with Crippen LogP contribution in [0.25, 0.3) is 0 Å². The quantitative estimate of drug-likeness (QED) is 0.177. The number of likely N-dealkylation sites (tertiary alicyclic amines) is 1. The molecule has 0 saturated carbocycles. The molecule has 0 unspecified atom stereocenters. The number of aliphatic imine (C=N–C) groups is 1. The van der Waals surface area contributed by atoms with Crippen LogP contribution in [0.4, 0.5) is 0 Å². The lowest BCUT2D eigenvalue weighted by Crippen LogP contribution is -2.54. The highest BCUT2D eigenvalue weighted by Crippen LogP contribution is 2.20. The predicted octanol–water partition coefficient (Wildman–Crippen LogP) is -0.569. The van der Waals surface area contributed by atoms with E-state index in [2.05, 4.69) is 15.6 Å². The summed E-state index contributed by atoms with van der Waals surface area (Å²) in [4.78, 5) is 42.9. The molecule has 1 heterocycles. The summed E-state index contributed by atoms with van der Waals surface area (Å²) in [7, 11) is -0.134. The maximum Gasteiger partial charge on any atom is 0.326 e. The van der Waals surface area contributed by atoms with Gasteiger partial charge in [-0.05, 0) is 44.7 Å². The Labute approximate surface area is 183 Å². The SMILES string of the molecule is [2H]CN[C@@H](Cc1ccccc1)C(=O)N1CCC[C@H]1C(=O)N[C@@H](CCCN=C(N)N)C(=O)O. The molecule has 10 heteroatoms. The smallest absolute Gasteiger partial charge is 0.326 e. The van der Waals surface area contributed by atoms with Gasteiger partial charge in [-0.2, -0.15) is 0 Å². The second-order valence-electron chi connectivity index (χ2n) is 7.48. The summed E-state index contributed by atoms with van der Waals surface area (Å²) in [5.74, 6) is -1.99. The first-order valence-electron chi connectivity index (χ1n) is 11.0. The van der Waals surface area contributed by atoms with Gasteiger partial charge >= 0.3 is 5.97 Å². The van der Waals surface area contributed by atoms with Crippen LogP contribution in [-0.2, 0) is 20.8 Å². The van der Waals surface area contributed by atoms with Crippen molar-refractivity contribution >= 4 is 23.7 Å². The third-order valence-electron chi connectivity index (χ3n) is 5.23. The molecule has 2 amide bonds. The molecule has 0 aromatic heterocycles. The highest BCUT2D eigenvalue weighted by molar-refractivity contribution is 5.92. The fourth-order valence-corrected chi connectivity index (χ4v) is 3.63. The zero-order chi connectivity index (χ0) is 23.5. The van der Waals surface area contributed by atoms with Gasteiger partial charge in [0.1, 0.15) is 12.1 Å². The Morgan fingerprint density at radius 1 is 1.29 bits per heavy atom. The molecule has 0 bridgehead atoms. The van der Waals surface area contributed by atoms with Crippen LogP contribution in [0, 0.1) is 0 Å².